The van der Waals surface area contributed by atoms with Gasteiger partial charge in [-0.15, -0.1) is 0 Å². The first-order valence-electron chi connectivity index (χ1n) is 5.38. The van der Waals surface area contributed by atoms with E-state index < -0.39 is 22.6 Å². The molecule has 0 aliphatic carbocycles. The van der Waals surface area contributed by atoms with E-state index in [-0.39, 0.29) is 16.2 Å². The smallest absolute Gasteiger partial charge is 0.335 e. The first kappa shape index (κ1) is 13.4. The van der Waals surface area contributed by atoms with Gasteiger partial charge in [0.15, 0.2) is 0 Å². The molecule has 1 N–H and O–H groups in total. The van der Waals surface area contributed by atoms with Gasteiger partial charge in [-0.25, -0.2) is 9.18 Å². The summed E-state index contributed by atoms with van der Waals surface area (Å²) in [6, 6.07) is 6.67. The number of rotatable bonds is 4. The van der Waals surface area contributed by atoms with E-state index in [4.69, 9.17) is 5.11 Å². The number of hydrogen-bond donors (Lipinski definition) is 1. The van der Waals surface area contributed by atoms with Crippen molar-refractivity contribution in [3.63, 3.8) is 0 Å². The van der Waals surface area contributed by atoms with E-state index in [1.165, 1.54) is 6.20 Å². The van der Waals surface area contributed by atoms with Gasteiger partial charge in [0.05, 0.1) is 27.0 Å². The molecule has 1 heterocycles. The van der Waals surface area contributed by atoms with Crippen molar-refractivity contribution in [3.05, 3.63) is 59.7 Å². The van der Waals surface area contributed by atoms with E-state index in [2.05, 4.69) is 4.98 Å². The number of nitrogens with zero attached hydrogens (tertiary/aromatic N) is 1. The third-order valence-corrected chi connectivity index (χ3v) is 3.84. The average molecular weight is 279 g/mol. The van der Waals surface area contributed by atoms with Crippen molar-refractivity contribution in [2.24, 2.45) is 0 Å². The van der Waals surface area contributed by atoms with Crippen LogP contribution in [0.25, 0.3) is 0 Å². The van der Waals surface area contributed by atoms with Crippen LogP contribution in [0.1, 0.15) is 15.9 Å². The van der Waals surface area contributed by atoms with Crippen LogP contribution in [-0.2, 0) is 16.6 Å². The molecule has 1 unspecified atom stereocenters. The number of carbonyl (C=O) groups is 1. The summed E-state index contributed by atoms with van der Waals surface area (Å²) in [5.41, 5.74) is 0.608. The van der Waals surface area contributed by atoms with Gasteiger partial charge >= 0.3 is 5.97 Å². The lowest BCUT2D eigenvalue weighted by atomic mass is 10.2. The number of benzene rings is 1. The average Bonchev–Trinajstić information content (AvgIpc) is 2.40. The summed E-state index contributed by atoms with van der Waals surface area (Å²) in [7, 11) is -1.65. The van der Waals surface area contributed by atoms with Crippen LogP contribution >= 0.6 is 0 Å². The Labute approximate surface area is 111 Å². The fraction of sp³-hybridized carbons (Fsp3) is 0.0769. The van der Waals surface area contributed by atoms with Crippen molar-refractivity contribution < 1.29 is 18.5 Å². The van der Waals surface area contributed by atoms with E-state index in [9.17, 15) is 13.4 Å². The largest absolute Gasteiger partial charge is 0.478 e. The van der Waals surface area contributed by atoms with Crippen LogP contribution in [0.3, 0.4) is 0 Å². The van der Waals surface area contributed by atoms with Crippen molar-refractivity contribution in [1.82, 2.24) is 4.98 Å². The van der Waals surface area contributed by atoms with Gasteiger partial charge in [0.25, 0.3) is 0 Å². The summed E-state index contributed by atoms with van der Waals surface area (Å²) < 4.78 is 25.6. The Morgan fingerprint density at radius 2 is 2.16 bits per heavy atom. The molecule has 1 aromatic carbocycles. The molecular weight excluding hydrogens is 269 g/mol. The third-order valence-electron chi connectivity index (χ3n) is 2.44. The molecule has 0 aliphatic heterocycles. The van der Waals surface area contributed by atoms with Crippen molar-refractivity contribution in [2.45, 2.75) is 10.6 Å². The van der Waals surface area contributed by atoms with Gasteiger partial charge in [-0.3, -0.25) is 9.19 Å². The highest BCUT2D eigenvalue weighted by molar-refractivity contribution is 7.84. The molecule has 2 aromatic rings. The minimum Gasteiger partial charge on any atom is -0.478 e. The summed E-state index contributed by atoms with van der Waals surface area (Å²) in [5, 5.41) is 8.84. The lowest BCUT2D eigenvalue weighted by Gasteiger charge is -2.05. The standard InChI is InChI=1S/C13H10FNO3S/c14-11-4-3-10(13(16)17)6-12(11)19(18)8-9-2-1-5-15-7-9/h1-7H,8H2,(H,16,17). The quantitative estimate of drug-likeness (QED) is 0.932. The van der Waals surface area contributed by atoms with Crippen LogP contribution in [0.4, 0.5) is 4.39 Å². The molecule has 98 valence electrons. The van der Waals surface area contributed by atoms with E-state index in [0.29, 0.717) is 5.56 Å². The number of hydrogen-bond acceptors (Lipinski definition) is 3. The number of carboxylic acid groups (broad SMARTS) is 1. The first-order valence-corrected chi connectivity index (χ1v) is 6.70. The van der Waals surface area contributed by atoms with Crippen LogP contribution in [-0.4, -0.2) is 20.3 Å². The van der Waals surface area contributed by atoms with Gasteiger partial charge in [0.1, 0.15) is 5.82 Å². The Balaban J connectivity index is 2.28. The minimum atomic E-state index is -1.65. The normalized spacial score (nSPS) is 12.1. The Morgan fingerprint density at radius 1 is 1.37 bits per heavy atom. The molecule has 0 bridgehead atoms. The van der Waals surface area contributed by atoms with Crippen molar-refractivity contribution >= 4 is 16.8 Å². The second-order valence-corrected chi connectivity index (χ2v) is 5.22. The van der Waals surface area contributed by atoms with Gasteiger partial charge in [-0.1, -0.05) is 6.07 Å². The second kappa shape index (κ2) is 5.71. The van der Waals surface area contributed by atoms with E-state index in [1.54, 1.807) is 18.3 Å². The predicted octanol–water partition coefficient (Wildman–Crippen LogP) is 2.23. The predicted molar refractivity (Wildman–Crippen MR) is 67.7 cm³/mol. The van der Waals surface area contributed by atoms with Gasteiger partial charge in [-0.05, 0) is 29.8 Å². The van der Waals surface area contributed by atoms with Crippen molar-refractivity contribution in [3.8, 4) is 0 Å². The topological polar surface area (TPSA) is 67.3 Å². The summed E-state index contributed by atoms with van der Waals surface area (Å²) in [6.07, 6.45) is 3.12. The molecule has 0 radical (unpaired) electrons. The van der Waals surface area contributed by atoms with Gasteiger partial charge in [0.2, 0.25) is 0 Å². The zero-order chi connectivity index (χ0) is 13.8. The van der Waals surface area contributed by atoms with E-state index in [1.807, 2.05) is 0 Å². The molecule has 0 saturated carbocycles. The SMILES string of the molecule is O=C(O)c1ccc(F)c(S(=O)Cc2cccnc2)c1. The Morgan fingerprint density at radius 3 is 2.79 bits per heavy atom. The van der Waals surface area contributed by atoms with Crippen LogP contribution in [0, 0.1) is 5.82 Å². The Kier molecular flexibility index (Phi) is 4.01. The second-order valence-electron chi connectivity index (χ2n) is 3.80. The van der Waals surface area contributed by atoms with E-state index in [0.717, 1.165) is 18.2 Å². The fourth-order valence-corrected chi connectivity index (χ4v) is 2.70. The molecule has 0 aliphatic rings. The molecule has 1 atom stereocenters. The van der Waals surface area contributed by atoms with Gasteiger partial charge in [0, 0.05) is 12.4 Å². The monoisotopic (exact) mass is 279 g/mol. The fourth-order valence-electron chi connectivity index (χ4n) is 1.52. The molecule has 0 fully saturated rings. The molecule has 1 aromatic heterocycles. The van der Waals surface area contributed by atoms with Crippen LogP contribution in [0.2, 0.25) is 0 Å². The highest BCUT2D eigenvalue weighted by atomic mass is 32.2. The molecule has 0 saturated heterocycles. The van der Waals surface area contributed by atoms with Gasteiger partial charge in [-0.2, -0.15) is 0 Å². The zero-order valence-corrected chi connectivity index (χ0v) is 10.6. The molecule has 19 heavy (non-hydrogen) atoms. The minimum absolute atomic E-state index is 0.0871. The number of carboxylic acids is 1. The summed E-state index contributed by atoms with van der Waals surface area (Å²) in [6.45, 7) is 0. The maximum Gasteiger partial charge on any atom is 0.335 e. The molecule has 6 heteroatoms. The molecule has 0 spiro atoms. The van der Waals surface area contributed by atoms with Crippen LogP contribution in [0.15, 0.2) is 47.6 Å². The maximum atomic E-state index is 13.6. The third kappa shape index (κ3) is 3.23. The van der Waals surface area contributed by atoms with Crippen molar-refractivity contribution in [2.75, 3.05) is 0 Å². The maximum absolute atomic E-state index is 13.6. The Hall–Kier alpha value is -2.08. The molecule has 2 rings (SSSR count). The molecule has 4 nitrogen and oxygen atoms in total. The van der Waals surface area contributed by atoms with Crippen molar-refractivity contribution in [1.29, 1.82) is 0 Å². The number of aromatic carboxylic acids is 1. The highest BCUT2D eigenvalue weighted by Crippen LogP contribution is 2.17. The first-order chi connectivity index (χ1) is 9.08. The Bertz CT molecular complexity index is 631. The number of aromatic nitrogens is 1. The van der Waals surface area contributed by atoms with Crippen LogP contribution < -0.4 is 0 Å². The van der Waals surface area contributed by atoms with Gasteiger partial charge < -0.3 is 5.11 Å². The lowest BCUT2D eigenvalue weighted by molar-refractivity contribution is 0.0696. The van der Waals surface area contributed by atoms with E-state index >= 15 is 0 Å². The summed E-state index contributed by atoms with van der Waals surface area (Å²) in [5.74, 6) is -1.76. The summed E-state index contributed by atoms with van der Waals surface area (Å²) in [4.78, 5) is 14.6. The molecule has 0 amide bonds. The lowest BCUT2D eigenvalue weighted by Crippen LogP contribution is -2.03. The zero-order valence-electron chi connectivity index (χ0n) is 9.75. The number of pyridine rings is 1. The van der Waals surface area contributed by atoms with Crippen LogP contribution in [0.5, 0.6) is 0 Å². The molecular formula is C13H10FNO3S. The number of halogens is 1. The highest BCUT2D eigenvalue weighted by Gasteiger charge is 2.14. The summed E-state index contributed by atoms with van der Waals surface area (Å²) >= 11 is 0.